The molecular weight excluding hydrogens is 386 g/mol. The highest BCUT2D eigenvalue weighted by Gasteiger charge is 2.21. The number of carbonyl (C=O) groups is 1. The summed E-state index contributed by atoms with van der Waals surface area (Å²) in [7, 11) is -3.92. The lowest BCUT2D eigenvalue weighted by Gasteiger charge is -2.03. The highest BCUT2D eigenvalue weighted by atomic mass is 35.5. The van der Waals surface area contributed by atoms with Gasteiger partial charge in [0.25, 0.3) is 20.3 Å². The Morgan fingerprint density at radius 3 is 2.64 bits per heavy atom. The summed E-state index contributed by atoms with van der Waals surface area (Å²) in [5, 5.41) is 10.1. The van der Waals surface area contributed by atoms with Gasteiger partial charge in [0, 0.05) is 6.20 Å². The number of halogens is 1. The number of aromatic nitrogens is 3. The van der Waals surface area contributed by atoms with Gasteiger partial charge in [0.2, 0.25) is 5.13 Å². The summed E-state index contributed by atoms with van der Waals surface area (Å²) in [5.41, 5.74) is 0.539. The summed E-state index contributed by atoms with van der Waals surface area (Å²) in [5.74, 6) is -0.508. The molecule has 2 N–H and O–H groups in total. The van der Waals surface area contributed by atoms with Crippen LogP contribution in [-0.4, -0.2) is 29.5 Å². The minimum atomic E-state index is -3.92. The van der Waals surface area contributed by atoms with E-state index in [0.29, 0.717) is 5.69 Å². The highest BCUT2D eigenvalue weighted by Crippen LogP contribution is 2.23. The maximum atomic E-state index is 12.3. The summed E-state index contributed by atoms with van der Waals surface area (Å²) in [6.07, 6.45) is 2.88. The average Bonchev–Trinajstić information content (AvgIpc) is 3.05. The van der Waals surface area contributed by atoms with Crippen LogP contribution in [0.2, 0.25) is 5.02 Å². The number of anilines is 2. The Bertz CT molecular complexity index is 1010. The maximum absolute atomic E-state index is 12.3. The second kappa shape index (κ2) is 7.13. The van der Waals surface area contributed by atoms with Gasteiger partial charge in [-0.15, -0.1) is 10.2 Å². The molecule has 25 heavy (non-hydrogen) atoms. The van der Waals surface area contributed by atoms with Crippen LogP contribution in [0, 0.1) is 0 Å². The van der Waals surface area contributed by atoms with Crippen LogP contribution in [0.5, 0.6) is 0 Å². The Labute approximate surface area is 152 Å². The number of sulfonamides is 1. The largest absolute Gasteiger partial charge is 0.296 e. The fraction of sp³-hybridized carbons (Fsp3) is 0. The summed E-state index contributed by atoms with van der Waals surface area (Å²) >= 11 is 6.67. The van der Waals surface area contributed by atoms with Gasteiger partial charge in [0.1, 0.15) is 0 Å². The Hall–Kier alpha value is -2.56. The van der Waals surface area contributed by atoms with Crippen LogP contribution in [-0.2, 0) is 10.0 Å². The van der Waals surface area contributed by atoms with E-state index in [2.05, 4.69) is 25.2 Å². The van der Waals surface area contributed by atoms with E-state index >= 15 is 0 Å². The first-order valence-electron chi connectivity index (χ1n) is 6.78. The fourth-order valence-electron chi connectivity index (χ4n) is 1.80. The summed E-state index contributed by atoms with van der Waals surface area (Å²) in [6.45, 7) is 0. The number of hydrogen-bond acceptors (Lipinski definition) is 7. The lowest BCUT2D eigenvalue weighted by Crippen LogP contribution is -2.12. The SMILES string of the molecule is O=C(Nc1nnc(S(=O)(=O)Nc2cccnc2)s1)c1ccccc1Cl. The lowest BCUT2D eigenvalue weighted by atomic mass is 10.2. The number of pyridine rings is 1. The zero-order valence-corrected chi connectivity index (χ0v) is 14.8. The number of hydrogen-bond donors (Lipinski definition) is 2. The van der Waals surface area contributed by atoms with Gasteiger partial charge in [-0.05, 0) is 24.3 Å². The Balaban J connectivity index is 1.76. The summed E-state index contributed by atoms with van der Waals surface area (Å²) in [4.78, 5) is 16.0. The zero-order valence-electron chi connectivity index (χ0n) is 12.4. The molecule has 1 amide bonds. The van der Waals surface area contributed by atoms with Crippen molar-refractivity contribution in [1.82, 2.24) is 15.2 Å². The third kappa shape index (κ3) is 4.10. The van der Waals surface area contributed by atoms with Gasteiger partial charge in [-0.1, -0.05) is 35.1 Å². The molecule has 0 aliphatic carbocycles. The van der Waals surface area contributed by atoms with Crippen molar-refractivity contribution in [1.29, 1.82) is 0 Å². The molecule has 1 aromatic carbocycles. The van der Waals surface area contributed by atoms with Crippen molar-refractivity contribution in [2.24, 2.45) is 0 Å². The molecule has 0 aliphatic rings. The van der Waals surface area contributed by atoms with Crippen LogP contribution in [0.15, 0.2) is 53.1 Å². The van der Waals surface area contributed by atoms with Gasteiger partial charge >= 0.3 is 0 Å². The van der Waals surface area contributed by atoms with E-state index in [-0.39, 0.29) is 20.1 Å². The molecule has 3 rings (SSSR count). The Morgan fingerprint density at radius 1 is 1.12 bits per heavy atom. The minimum Gasteiger partial charge on any atom is -0.296 e. The van der Waals surface area contributed by atoms with Crippen LogP contribution in [0.1, 0.15) is 10.4 Å². The normalized spacial score (nSPS) is 11.1. The Morgan fingerprint density at radius 2 is 1.92 bits per heavy atom. The number of nitrogens with one attached hydrogen (secondary N) is 2. The third-order valence-corrected chi connectivity index (χ3v) is 5.81. The monoisotopic (exact) mass is 395 g/mol. The molecule has 0 saturated carbocycles. The van der Waals surface area contributed by atoms with E-state index in [0.717, 1.165) is 11.3 Å². The number of nitrogens with zero attached hydrogens (tertiary/aromatic N) is 3. The van der Waals surface area contributed by atoms with Crippen molar-refractivity contribution in [2.45, 2.75) is 4.34 Å². The predicted molar refractivity (Wildman–Crippen MR) is 94.4 cm³/mol. The molecule has 0 aliphatic heterocycles. The van der Waals surface area contributed by atoms with E-state index in [9.17, 15) is 13.2 Å². The Kier molecular flexibility index (Phi) is 4.93. The highest BCUT2D eigenvalue weighted by molar-refractivity contribution is 7.94. The maximum Gasteiger partial charge on any atom is 0.291 e. The number of carbonyl (C=O) groups excluding carboxylic acids is 1. The molecule has 0 unspecified atom stereocenters. The number of benzene rings is 1. The quantitative estimate of drug-likeness (QED) is 0.642. The van der Waals surface area contributed by atoms with Crippen LogP contribution in [0.4, 0.5) is 10.8 Å². The average molecular weight is 396 g/mol. The van der Waals surface area contributed by atoms with Crippen molar-refractivity contribution >= 4 is 49.7 Å². The topological polar surface area (TPSA) is 114 Å². The van der Waals surface area contributed by atoms with Crippen molar-refractivity contribution in [2.75, 3.05) is 10.0 Å². The third-order valence-electron chi connectivity index (χ3n) is 2.89. The van der Waals surface area contributed by atoms with Crippen LogP contribution >= 0.6 is 22.9 Å². The fourth-order valence-corrected chi connectivity index (χ4v) is 3.96. The van der Waals surface area contributed by atoms with E-state index in [1.54, 1.807) is 36.4 Å². The van der Waals surface area contributed by atoms with E-state index < -0.39 is 15.9 Å². The second-order valence-electron chi connectivity index (χ2n) is 4.65. The van der Waals surface area contributed by atoms with E-state index in [4.69, 9.17) is 11.6 Å². The standard InChI is InChI=1S/C14H10ClN5O3S2/c15-11-6-2-1-5-10(11)12(21)17-13-18-19-14(24-13)25(22,23)20-9-4-3-7-16-8-9/h1-8,20H,(H,17,18,21). The van der Waals surface area contributed by atoms with E-state index in [1.807, 2.05) is 0 Å². The molecule has 0 atom stereocenters. The molecule has 0 fully saturated rings. The second-order valence-corrected chi connectivity index (χ2v) is 7.90. The van der Waals surface area contributed by atoms with Crippen LogP contribution < -0.4 is 10.0 Å². The minimum absolute atomic E-state index is 0.0384. The molecule has 3 aromatic rings. The zero-order chi connectivity index (χ0) is 17.9. The molecule has 0 bridgehead atoms. The smallest absolute Gasteiger partial charge is 0.291 e. The van der Waals surface area contributed by atoms with Crippen molar-refractivity contribution in [3.8, 4) is 0 Å². The molecule has 0 saturated heterocycles. The summed E-state index contributed by atoms with van der Waals surface area (Å²) in [6, 6.07) is 9.61. The molecule has 2 heterocycles. The van der Waals surface area contributed by atoms with Crippen LogP contribution in [0.25, 0.3) is 0 Å². The molecule has 8 nitrogen and oxygen atoms in total. The first-order valence-corrected chi connectivity index (χ1v) is 9.46. The lowest BCUT2D eigenvalue weighted by molar-refractivity contribution is 0.102. The van der Waals surface area contributed by atoms with E-state index in [1.165, 1.54) is 12.4 Å². The van der Waals surface area contributed by atoms with Gasteiger partial charge < -0.3 is 0 Å². The number of amides is 1. The van der Waals surface area contributed by atoms with Crippen LogP contribution in [0.3, 0.4) is 0 Å². The molecular formula is C14H10ClN5O3S2. The van der Waals surface area contributed by atoms with Crippen molar-refractivity contribution in [3.05, 3.63) is 59.4 Å². The van der Waals surface area contributed by atoms with Gasteiger partial charge in [0.05, 0.1) is 22.5 Å². The van der Waals surface area contributed by atoms with Crippen molar-refractivity contribution < 1.29 is 13.2 Å². The van der Waals surface area contributed by atoms with Gasteiger partial charge in [0.15, 0.2) is 0 Å². The molecule has 0 spiro atoms. The summed E-state index contributed by atoms with van der Waals surface area (Å²) < 4.78 is 26.6. The first-order chi connectivity index (χ1) is 12.0. The van der Waals surface area contributed by atoms with Gasteiger partial charge in [-0.25, -0.2) is 0 Å². The molecule has 2 aromatic heterocycles. The van der Waals surface area contributed by atoms with Gasteiger partial charge in [-0.2, -0.15) is 8.42 Å². The first kappa shape index (κ1) is 17.3. The molecule has 0 radical (unpaired) electrons. The van der Waals surface area contributed by atoms with Gasteiger partial charge in [-0.3, -0.25) is 19.8 Å². The molecule has 128 valence electrons. The van der Waals surface area contributed by atoms with Crippen molar-refractivity contribution in [3.63, 3.8) is 0 Å². The number of rotatable bonds is 5. The predicted octanol–water partition coefficient (Wildman–Crippen LogP) is 2.64. The molecule has 11 heteroatoms.